The quantitative estimate of drug-likeness (QED) is 0.608. The molecular weight excluding hydrogens is 404 g/mol. The lowest BCUT2D eigenvalue weighted by Crippen LogP contribution is -2.30. The number of ether oxygens (including phenoxy) is 1. The van der Waals surface area contributed by atoms with E-state index in [2.05, 4.69) is 20.2 Å². The molecule has 1 amide bonds. The van der Waals surface area contributed by atoms with Gasteiger partial charge in [-0.25, -0.2) is 14.6 Å². The molecule has 1 aliphatic heterocycles. The molecule has 0 unspecified atom stereocenters. The maximum atomic E-state index is 12.5. The number of hydrogen-bond donors (Lipinski definition) is 1. The second kappa shape index (κ2) is 9.80. The molecule has 8 heteroatoms. The van der Waals surface area contributed by atoms with Gasteiger partial charge in [0.05, 0.1) is 12.8 Å². The summed E-state index contributed by atoms with van der Waals surface area (Å²) in [5.74, 6) is 2.43. The van der Waals surface area contributed by atoms with Crippen LogP contribution in [-0.2, 0) is 11.2 Å². The van der Waals surface area contributed by atoms with Crippen LogP contribution in [-0.4, -0.2) is 45.9 Å². The molecule has 1 fully saturated rings. The second-order valence-corrected chi connectivity index (χ2v) is 8.12. The molecule has 0 aliphatic carbocycles. The number of nitrogens with one attached hydrogen (secondary N) is 1. The van der Waals surface area contributed by atoms with Crippen molar-refractivity contribution >= 4 is 17.4 Å². The Morgan fingerprint density at radius 3 is 2.50 bits per heavy atom. The van der Waals surface area contributed by atoms with E-state index in [1.165, 1.54) is 19.3 Å². The number of rotatable bonds is 7. The molecule has 3 heterocycles. The van der Waals surface area contributed by atoms with Crippen LogP contribution < -0.4 is 15.0 Å². The molecule has 0 spiro atoms. The van der Waals surface area contributed by atoms with Crippen LogP contribution >= 0.6 is 0 Å². The first kappa shape index (κ1) is 21.8. The van der Waals surface area contributed by atoms with Crippen LogP contribution in [0.4, 0.5) is 11.5 Å². The van der Waals surface area contributed by atoms with Crippen molar-refractivity contribution in [2.24, 2.45) is 0 Å². The van der Waals surface area contributed by atoms with Crippen LogP contribution in [0.5, 0.6) is 5.75 Å². The number of aromatic nitrogens is 4. The highest BCUT2D eigenvalue weighted by Gasteiger charge is 2.17. The third-order valence-corrected chi connectivity index (χ3v) is 5.95. The summed E-state index contributed by atoms with van der Waals surface area (Å²) in [5.41, 5.74) is 3.75. The fourth-order valence-electron chi connectivity index (χ4n) is 4.15. The first-order valence-corrected chi connectivity index (χ1v) is 11.1. The van der Waals surface area contributed by atoms with Crippen molar-refractivity contribution in [3.8, 4) is 11.6 Å². The van der Waals surface area contributed by atoms with Crippen LogP contribution in [0.25, 0.3) is 5.82 Å². The summed E-state index contributed by atoms with van der Waals surface area (Å²) < 4.78 is 7.01. The summed E-state index contributed by atoms with van der Waals surface area (Å²) in [7, 11) is 1.62. The molecule has 0 radical (unpaired) electrons. The molecule has 0 bridgehead atoms. The Hall–Kier alpha value is -3.42. The SMILES string of the molecule is COc1ccc(NC(=O)CCc2c(C)nn(-c3cc(N4CCCCC4)ncn3)c2C)cc1. The number of carbonyl (C=O) groups excluding carboxylic acids is 1. The number of amides is 1. The number of aryl methyl sites for hydroxylation is 1. The van der Waals surface area contributed by atoms with E-state index in [4.69, 9.17) is 9.84 Å². The molecule has 1 aromatic carbocycles. The van der Waals surface area contributed by atoms with Crippen molar-refractivity contribution in [3.05, 3.63) is 53.6 Å². The zero-order valence-electron chi connectivity index (χ0n) is 19.0. The molecule has 2 aromatic heterocycles. The van der Waals surface area contributed by atoms with Gasteiger partial charge in [-0.2, -0.15) is 5.10 Å². The molecule has 1 N–H and O–H groups in total. The number of nitrogens with zero attached hydrogens (tertiary/aromatic N) is 5. The molecule has 0 saturated carbocycles. The van der Waals surface area contributed by atoms with Gasteiger partial charge in [-0.05, 0) is 69.4 Å². The van der Waals surface area contributed by atoms with Gasteiger partial charge in [-0.3, -0.25) is 4.79 Å². The second-order valence-electron chi connectivity index (χ2n) is 8.12. The summed E-state index contributed by atoms with van der Waals surface area (Å²) >= 11 is 0. The van der Waals surface area contributed by atoms with Gasteiger partial charge < -0.3 is 15.0 Å². The van der Waals surface area contributed by atoms with Crippen LogP contribution in [0.3, 0.4) is 0 Å². The normalized spacial score (nSPS) is 13.8. The van der Waals surface area contributed by atoms with Crippen molar-refractivity contribution in [2.45, 2.75) is 46.0 Å². The van der Waals surface area contributed by atoms with Gasteiger partial charge >= 0.3 is 0 Å². The van der Waals surface area contributed by atoms with Gasteiger partial charge in [-0.1, -0.05) is 0 Å². The van der Waals surface area contributed by atoms with Crippen molar-refractivity contribution in [1.82, 2.24) is 19.7 Å². The van der Waals surface area contributed by atoms with Crippen LogP contribution in [0.1, 0.15) is 42.6 Å². The van der Waals surface area contributed by atoms with Crippen molar-refractivity contribution in [2.75, 3.05) is 30.4 Å². The lowest BCUT2D eigenvalue weighted by atomic mass is 10.1. The molecule has 8 nitrogen and oxygen atoms in total. The van der Waals surface area contributed by atoms with Gasteiger partial charge in [0, 0.05) is 37.0 Å². The molecule has 168 valence electrons. The summed E-state index contributed by atoms with van der Waals surface area (Å²) in [6, 6.07) is 9.33. The highest BCUT2D eigenvalue weighted by atomic mass is 16.5. The first-order chi connectivity index (χ1) is 15.5. The fraction of sp³-hybridized carbons (Fsp3) is 0.417. The lowest BCUT2D eigenvalue weighted by molar-refractivity contribution is -0.116. The Morgan fingerprint density at radius 1 is 1.06 bits per heavy atom. The monoisotopic (exact) mass is 434 g/mol. The maximum absolute atomic E-state index is 12.5. The molecule has 32 heavy (non-hydrogen) atoms. The topological polar surface area (TPSA) is 85.2 Å². The Bertz CT molecular complexity index is 1070. The highest BCUT2D eigenvalue weighted by molar-refractivity contribution is 5.90. The minimum absolute atomic E-state index is 0.0314. The number of carbonyl (C=O) groups is 1. The number of piperidine rings is 1. The first-order valence-electron chi connectivity index (χ1n) is 11.1. The standard InChI is InChI=1S/C24H30N6O2/c1-17-21(11-12-24(31)27-19-7-9-20(32-3)10-8-19)18(2)30(28-17)23-15-22(25-16-26-23)29-13-5-4-6-14-29/h7-10,15-16H,4-6,11-14H2,1-3H3,(H,27,31). The molecule has 4 rings (SSSR count). The van der Waals surface area contributed by atoms with E-state index >= 15 is 0 Å². The molecule has 3 aromatic rings. The Kier molecular flexibility index (Phi) is 6.68. The minimum atomic E-state index is -0.0314. The zero-order chi connectivity index (χ0) is 22.5. The predicted molar refractivity (Wildman–Crippen MR) is 125 cm³/mol. The van der Waals surface area contributed by atoms with Crippen molar-refractivity contribution in [1.29, 1.82) is 0 Å². The Labute approximate surface area is 188 Å². The number of methoxy groups -OCH3 is 1. The number of hydrogen-bond acceptors (Lipinski definition) is 6. The highest BCUT2D eigenvalue weighted by Crippen LogP contribution is 2.22. The average molecular weight is 435 g/mol. The Balaban J connectivity index is 1.44. The molecule has 1 aliphatic rings. The van der Waals surface area contributed by atoms with Gasteiger partial charge in [0.2, 0.25) is 5.91 Å². The van der Waals surface area contributed by atoms with Gasteiger partial charge in [-0.15, -0.1) is 0 Å². The number of benzene rings is 1. The van der Waals surface area contributed by atoms with E-state index in [1.54, 1.807) is 13.4 Å². The van der Waals surface area contributed by atoms with E-state index in [-0.39, 0.29) is 5.91 Å². The molecular formula is C24H30N6O2. The largest absolute Gasteiger partial charge is 0.497 e. The van der Waals surface area contributed by atoms with E-state index in [0.717, 1.165) is 53.1 Å². The van der Waals surface area contributed by atoms with E-state index in [0.29, 0.717) is 12.8 Å². The van der Waals surface area contributed by atoms with E-state index in [9.17, 15) is 4.79 Å². The summed E-state index contributed by atoms with van der Waals surface area (Å²) in [5, 5.41) is 7.65. The van der Waals surface area contributed by atoms with E-state index in [1.807, 2.05) is 48.9 Å². The van der Waals surface area contributed by atoms with Crippen LogP contribution in [0.15, 0.2) is 36.7 Å². The van der Waals surface area contributed by atoms with Crippen LogP contribution in [0.2, 0.25) is 0 Å². The van der Waals surface area contributed by atoms with Gasteiger partial charge in [0.1, 0.15) is 17.9 Å². The fourth-order valence-corrected chi connectivity index (χ4v) is 4.15. The molecule has 1 saturated heterocycles. The smallest absolute Gasteiger partial charge is 0.224 e. The summed E-state index contributed by atoms with van der Waals surface area (Å²) in [6.07, 6.45) is 6.27. The number of anilines is 2. The average Bonchev–Trinajstić information content (AvgIpc) is 3.12. The third kappa shape index (κ3) is 4.90. The summed E-state index contributed by atoms with van der Waals surface area (Å²) in [4.78, 5) is 23.7. The maximum Gasteiger partial charge on any atom is 0.224 e. The summed E-state index contributed by atoms with van der Waals surface area (Å²) in [6.45, 7) is 6.07. The van der Waals surface area contributed by atoms with Gasteiger partial charge in [0.25, 0.3) is 0 Å². The predicted octanol–water partition coefficient (Wildman–Crippen LogP) is 3.85. The molecule has 0 atom stereocenters. The van der Waals surface area contributed by atoms with E-state index < -0.39 is 0 Å². The third-order valence-electron chi connectivity index (χ3n) is 5.95. The van der Waals surface area contributed by atoms with Crippen molar-refractivity contribution in [3.63, 3.8) is 0 Å². The lowest BCUT2D eigenvalue weighted by Gasteiger charge is -2.27. The van der Waals surface area contributed by atoms with Gasteiger partial charge in [0.15, 0.2) is 5.82 Å². The van der Waals surface area contributed by atoms with Crippen LogP contribution in [0, 0.1) is 13.8 Å². The zero-order valence-corrected chi connectivity index (χ0v) is 19.0. The Morgan fingerprint density at radius 2 is 1.78 bits per heavy atom. The van der Waals surface area contributed by atoms with Crippen molar-refractivity contribution < 1.29 is 9.53 Å². The minimum Gasteiger partial charge on any atom is -0.497 e.